The van der Waals surface area contributed by atoms with E-state index in [1.165, 1.54) is 19.2 Å². The van der Waals surface area contributed by atoms with Crippen LogP contribution in [0.25, 0.3) is 0 Å². The second-order valence-corrected chi connectivity index (χ2v) is 7.52. The summed E-state index contributed by atoms with van der Waals surface area (Å²) in [5.74, 6) is -0.805. The monoisotopic (exact) mass is 380 g/mol. The van der Waals surface area contributed by atoms with Crippen LogP contribution in [-0.2, 0) is 21.4 Å². The number of hydrogen-bond acceptors (Lipinski definition) is 4. The Morgan fingerprint density at radius 1 is 1.15 bits per heavy atom. The van der Waals surface area contributed by atoms with Crippen molar-refractivity contribution in [2.45, 2.75) is 25.3 Å². The molecular weight excluding hydrogens is 359 g/mol. The molecule has 140 valence electrons. The van der Waals surface area contributed by atoms with Crippen molar-refractivity contribution in [2.75, 3.05) is 13.7 Å². The second kappa shape index (κ2) is 8.29. The van der Waals surface area contributed by atoms with Crippen LogP contribution < -0.4 is 14.8 Å². The minimum absolute atomic E-state index is 0.0276. The maximum Gasteiger partial charge on any atom is 0.244 e. The fourth-order valence-electron chi connectivity index (χ4n) is 2.27. The molecule has 0 saturated heterocycles. The molecule has 6 nitrogen and oxygen atoms in total. The van der Waals surface area contributed by atoms with Gasteiger partial charge in [-0.15, -0.1) is 0 Å². The van der Waals surface area contributed by atoms with Gasteiger partial charge in [-0.2, -0.15) is 0 Å². The molecule has 1 amide bonds. The topological polar surface area (TPSA) is 84.5 Å². The third-order valence-electron chi connectivity index (χ3n) is 3.93. The maximum absolute atomic E-state index is 13.5. The Morgan fingerprint density at radius 2 is 1.81 bits per heavy atom. The minimum atomic E-state index is -3.94. The highest BCUT2D eigenvalue weighted by Crippen LogP contribution is 2.27. The molecule has 0 aliphatic heterocycles. The van der Waals surface area contributed by atoms with Crippen molar-refractivity contribution in [1.82, 2.24) is 10.0 Å². The van der Waals surface area contributed by atoms with Crippen LogP contribution in [0.1, 0.15) is 16.7 Å². The summed E-state index contributed by atoms with van der Waals surface area (Å²) in [6, 6.07) is 9.15. The van der Waals surface area contributed by atoms with Crippen molar-refractivity contribution >= 4 is 15.9 Å². The summed E-state index contributed by atoms with van der Waals surface area (Å²) in [5, 5.41) is 2.48. The zero-order valence-electron chi connectivity index (χ0n) is 14.8. The number of hydrogen-bond donors (Lipinski definition) is 2. The molecule has 0 aliphatic carbocycles. The maximum atomic E-state index is 13.5. The second-order valence-electron chi connectivity index (χ2n) is 5.78. The van der Waals surface area contributed by atoms with Gasteiger partial charge in [-0.3, -0.25) is 4.79 Å². The van der Waals surface area contributed by atoms with Gasteiger partial charge >= 0.3 is 0 Å². The van der Waals surface area contributed by atoms with Crippen LogP contribution in [0.2, 0.25) is 0 Å². The Bertz CT molecular complexity index is 913. The van der Waals surface area contributed by atoms with Gasteiger partial charge in [0.25, 0.3) is 0 Å². The first kappa shape index (κ1) is 19.9. The Kier molecular flexibility index (Phi) is 6.33. The number of sulfonamides is 1. The third-order valence-corrected chi connectivity index (χ3v) is 5.35. The van der Waals surface area contributed by atoms with Crippen LogP contribution in [0, 0.1) is 19.7 Å². The van der Waals surface area contributed by atoms with Crippen molar-refractivity contribution in [1.29, 1.82) is 0 Å². The van der Waals surface area contributed by atoms with Gasteiger partial charge in [0, 0.05) is 12.1 Å². The van der Waals surface area contributed by atoms with Crippen molar-refractivity contribution in [3.8, 4) is 5.75 Å². The molecule has 2 aromatic carbocycles. The highest BCUT2D eigenvalue weighted by atomic mass is 32.2. The molecule has 2 rings (SSSR count). The average molecular weight is 380 g/mol. The number of nitrogens with one attached hydrogen (secondary N) is 2. The molecule has 26 heavy (non-hydrogen) atoms. The van der Waals surface area contributed by atoms with Gasteiger partial charge in [-0.1, -0.05) is 18.2 Å². The largest absolute Gasteiger partial charge is 0.495 e. The minimum Gasteiger partial charge on any atom is -0.495 e. The summed E-state index contributed by atoms with van der Waals surface area (Å²) in [5.41, 5.74) is 2.00. The van der Waals surface area contributed by atoms with E-state index in [1.54, 1.807) is 31.2 Å². The molecule has 2 aromatic rings. The number of amides is 1. The van der Waals surface area contributed by atoms with Crippen molar-refractivity contribution in [2.24, 2.45) is 0 Å². The quantitative estimate of drug-likeness (QED) is 0.770. The van der Waals surface area contributed by atoms with E-state index in [1.807, 2.05) is 6.92 Å². The van der Waals surface area contributed by atoms with Gasteiger partial charge < -0.3 is 10.1 Å². The lowest BCUT2D eigenvalue weighted by Gasteiger charge is -2.13. The molecular formula is C18H21FN2O4S. The normalized spacial score (nSPS) is 11.2. The number of ether oxygens (including phenoxy) is 1. The summed E-state index contributed by atoms with van der Waals surface area (Å²) in [4.78, 5) is 11.9. The summed E-state index contributed by atoms with van der Waals surface area (Å²) < 4.78 is 45.8. The van der Waals surface area contributed by atoms with E-state index in [0.29, 0.717) is 5.56 Å². The van der Waals surface area contributed by atoms with Gasteiger partial charge in [0.15, 0.2) is 0 Å². The van der Waals surface area contributed by atoms with Crippen molar-refractivity contribution in [3.05, 3.63) is 58.9 Å². The van der Waals surface area contributed by atoms with Gasteiger partial charge in [0.05, 0.1) is 13.7 Å². The highest BCUT2D eigenvalue weighted by molar-refractivity contribution is 7.89. The van der Waals surface area contributed by atoms with Gasteiger partial charge in [0.1, 0.15) is 16.5 Å². The number of carbonyl (C=O) groups is 1. The Labute approximate surface area is 152 Å². The van der Waals surface area contributed by atoms with Crippen LogP contribution in [0.15, 0.2) is 41.3 Å². The molecule has 0 atom stereocenters. The van der Waals surface area contributed by atoms with Gasteiger partial charge in [-0.25, -0.2) is 17.5 Å². The van der Waals surface area contributed by atoms with E-state index in [9.17, 15) is 17.6 Å². The lowest BCUT2D eigenvalue weighted by molar-refractivity contribution is -0.120. The van der Waals surface area contributed by atoms with Crippen molar-refractivity contribution in [3.63, 3.8) is 0 Å². The lowest BCUT2D eigenvalue weighted by Crippen LogP contribution is -2.36. The molecule has 0 radical (unpaired) electrons. The molecule has 0 saturated carbocycles. The zero-order chi connectivity index (χ0) is 19.3. The fourth-order valence-corrected chi connectivity index (χ4v) is 3.48. The van der Waals surface area contributed by atoms with E-state index >= 15 is 0 Å². The zero-order valence-corrected chi connectivity index (χ0v) is 15.6. The average Bonchev–Trinajstić information content (AvgIpc) is 2.61. The molecule has 0 unspecified atom stereocenters. The van der Waals surface area contributed by atoms with Crippen LogP contribution >= 0.6 is 0 Å². The van der Waals surface area contributed by atoms with E-state index in [-0.39, 0.29) is 17.2 Å². The fraction of sp³-hybridized carbons (Fsp3) is 0.278. The summed E-state index contributed by atoms with van der Waals surface area (Å²) in [7, 11) is -2.56. The number of carbonyl (C=O) groups excluding carboxylic acids is 1. The van der Waals surface area contributed by atoms with Crippen LogP contribution in [-0.4, -0.2) is 28.0 Å². The molecule has 2 N–H and O–H groups in total. The molecule has 0 bridgehead atoms. The lowest BCUT2D eigenvalue weighted by atomic mass is 10.1. The smallest absolute Gasteiger partial charge is 0.244 e. The molecule has 0 fully saturated rings. The number of aryl methyl sites for hydroxylation is 2. The first-order chi connectivity index (χ1) is 12.2. The van der Waals surface area contributed by atoms with E-state index in [2.05, 4.69) is 10.0 Å². The summed E-state index contributed by atoms with van der Waals surface area (Å²) in [6.07, 6.45) is 0. The molecule has 0 heterocycles. The SMILES string of the molecule is COc1cc(C)c(C)cc1S(=O)(=O)NCC(=O)NCc1ccccc1F. The van der Waals surface area contributed by atoms with E-state index < -0.39 is 28.3 Å². The standard InChI is InChI=1S/C18H21FN2O4S/c1-12-8-16(25-3)17(9-13(12)2)26(23,24)21-11-18(22)20-10-14-6-4-5-7-15(14)19/h4-9,21H,10-11H2,1-3H3,(H,20,22). The predicted octanol–water partition coefficient (Wildman–Crippen LogP) is 2.05. The Hall–Kier alpha value is -2.45. The van der Waals surface area contributed by atoms with Crippen LogP contribution in [0.4, 0.5) is 4.39 Å². The number of benzene rings is 2. The first-order valence-electron chi connectivity index (χ1n) is 7.89. The number of halogens is 1. The summed E-state index contributed by atoms with van der Waals surface area (Å²) >= 11 is 0. The van der Waals surface area contributed by atoms with Crippen LogP contribution in [0.3, 0.4) is 0 Å². The third kappa shape index (κ3) is 4.80. The number of rotatable bonds is 7. The summed E-state index contributed by atoms with van der Waals surface area (Å²) in [6.45, 7) is 3.14. The molecule has 0 spiro atoms. The van der Waals surface area contributed by atoms with E-state index in [0.717, 1.165) is 11.1 Å². The Balaban J connectivity index is 2.03. The highest BCUT2D eigenvalue weighted by Gasteiger charge is 2.21. The molecule has 0 aliphatic rings. The van der Waals surface area contributed by atoms with Gasteiger partial charge in [-0.05, 0) is 43.2 Å². The predicted molar refractivity (Wildman–Crippen MR) is 95.9 cm³/mol. The molecule has 0 aromatic heterocycles. The Morgan fingerprint density at radius 3 is 2.46 bits per heavy atom. The van der Waals surface area contributed by atoms with Crippen molar-refractivity contribution < 1.29 is 22.3 Å². The van der Waals surface area contributed by atoms with Crippen LogP contribution in [0.5, 0.6) is 5.75 Å². The van der Waals surface area contributed by atoms with E-state index in [4.69, 9.17) is 4.74 Å². The first-order valence-corrected chi connectivity index (χ1v) is 9.38. The number of methoxy groups -OCH3 is 1. The molecule has 8 heteroatoms. The van der Waals surface area contributed by atoms with Gasteiger partial charge in [0.2, 0.25) is 15.9 Å².